The molecule has 4 rings (SSSR count). The van der Waals surface area contributed by atoms with E-state index in [1.807, 2.05) is 86.3 Å². The topological polar surface area (TPSA) is 163 Å². The lowest BCUT2D eigenvalue weighted by molar-refractivity contribution is -0.128. The van der Waals surface area contributed by atoms with E-state index in [9.17, 15) is 24.3 Å². The zero-order valence-corrected chi connectivity index (χ0v) is 26.4. The number of para-hydroxylation sites is 1. The maximum atomic E-state index is 13.6. The maximum absolute atomic E-state index is 13.6. The van der Waals surface area contributed by atoms with Crippen molar-refractivity contribution < 1.29 is 29.0 Å². The van der Waals surface area contributed by atoms with E-state index in [0.717, 1.165) is 22.4 Å². The van der Waals surface area contributed by atoms with Gasteiger partial charge >= 0.3 is 6.09 Å². The van der Waals surface area contributed by atoms with E-state index in [1.54, 1.807) is 24.3 Å². The summed E-state index contributed by atoms with van der Waals surface area (Å²) in [6.45, 7) is 5.72. The highest BCUT2D eigenvalue weighted by molar-refractivity contribution is 5.91. The molecule has 46 heavy (non-hydrogen) atoms. The molecule has 0 radical (unpaired) electrons. The number of carbonyl (C=O) groups excluding carboxylic acids is 4. The Hall–Kier alpha value is -4.90. The van der Waals surface area contributed by atoms with Gasteiger partial charge in [-0.1, -0.05) is 78.9 Å². The zero-order chi connectivity index (χ0) is 33.3. The Balaban J connectivity index is 1.53. The maximum Gasteiger partial charge on any atom is 0.408 e. The van der Waals surface area contributed by atoms with Gasteiger partial charge in [-0.3, -0.25) is 14.4 Å². The molecule has 0 bridgehead atoms. The Kier molecular flexibility index (Phi) is 11.4. The van der Waals surface area contributed by atoms with Gasteiger partial charge in [0.25, 0.3) is 0 Å². The highest BCUT2D eigenvalue weighted by Crippen LogP contribution is 2.33. The van der Waals surface area contributed by atoms with Crippen molar-refractivity contribution in [2.24, 2.45) is 5.73 Å². The van der Waals surface area contributed by atoms with Crippen LogP contribution in [0.1, 0.15) is 43.9 Å². The number of aliphatic hydroxyl groups is 1. The number of anilines is 1. The second-order valence-electron chi connectivity index (χ2n) is 12.5. The molecule has 4 amide bonds. The van der Waals surface area contributed by atoms with Crippen LogP contribution >= 0.6 is 0 Å². The van der Waals surface area contributed by atoms with Crippen LogP contribution < -0.4 is 26.6 Å². The fraction of sp³-hybridized carbons (Fsp3) is 0.371. The fourth-order valence-electron chi connectivity index (χ4n) is 5.44. The number of alkyl carbamates (subject to hydrolysis) is 1. The number of benzene rings is 3. The number of hydrogen-bond acceptors (Lipinski definition) is 7. The highest BCUT2D eigenvalue weighted by atomic mass is 16.5. The smallest absolute Gasteiger partial charge is 0.408 e. The van der Waals surface area contributed by atoms with Crippen LogP contribution in [0.2, 0.25) is 0 Å². The summed E-state index contributed by atoms with van der Waals surface area (Å²) in [6.07, 6.45) is -1.82. The number of rotatable bonds is 13. The first kappa shape index (κ1) is 34.0. The van der Waals surface area contributed by atoms with Crippen molar-refractivity contribution >= 4 is 29.5 Å². The first-order valence-electron chi connectivity index (χ1n) is 15.3. The van der Waals surface area contributed by atoms with Gasteiger partial charge in [-0.05, 0) is 49.9 Å². The molecule has 3 aromatic rings. The van der Waals surface area contributed by atoms with E-state index in [4.69, 9.17) is 10.5 Å². The number of β-amino-alcohol motifs (C(OH)–C–C–N with tert-alkyl or cyclic N) is 1. The van der Waals surface area contributed by atoms with Crippen molar-refractivity contribution in [2.75, 3.05) is 11.4 Å². The molecule has 1 aliphatic heterocycles. The van der Waals surface area contributed by atoms with Crippen LogP contribution in [0.3, 0.4) is 0 Å². The van der Waals surface area contributed by atoms with Gasteiger partial charge in [-0.25, -0.2) is 4.79 Å². The molecule has 6 N–H and O–H groups in total. The third-order valence-electron chi connectivity index (χ3n) is 7.59. The lowest BCUT2D eigenvalue weighted by Crippen LogP contribution is -2.57. The first-order chi connectivity index (χ1) is 21.9. The van der Waals surface area contributed by atoms with Crippen molar-refractivity contribution in [3.05, 3.63) is 102 Å². The molecule has 0 saturated heterocycles. The molecule has 11 heteroatoms. The number of fused-ring (bicyclic) bond motifs is 1. The zero-order valence-electron chi connectivity index (χ0n) is 26.4. The predicted molar refractivity (Wildman–Crippen MR) is 175 cm³/mol. The van der Waals surface area contributed by atoms with E-state index in [1.165, 1.54) is 0 Å². The highest BCUT2D eigenvalue weighted by Gasteiger charge is 2.38. The lowest BCUT2D eigenvalue weighted by Gasteiger charge is -2.34. The Morgan fingerprint density at radius 3 is 2.15 bits per heavy atom. The second-order valence-corrected chi connectivity index (χ2v) is 12.5. The van der Waals surface area contributed by atoms with Gasteiger partial charge in [0.15, 0.2) is 0 Å². The van der Waals surface area contributed by atoms with Crippen LogP contribution in [0, 0.1) is 0 Å². The van der Waals surface area contributed by atoms with E-state index < -0.39 is 54.1 Å². The molecule has 0 spiro atoms. The van der Waals surface area contributed by atoms with Crippen molar-refractivity contribution in [1.82, 2.24) is 16.0 Å². The largest absolute Gasteiger partial charge is 0.445 e. The average Bonchev–Trinajstić information content (AvgIpc) is 3.37. The monoisotopic (exact) mass is 629 g/mol. The minimum Gasteiger partial charge on any atom is -0.445 e. The van der Waals surface area contributed by atoms with Gasteiger partial charge < -0.3 is 36.4 Å². The molecule has 244 valence electrons. The molecular formula is C35H43N5O6. The van der Waals surface area contributed by atoms with Gasteiger partial charge in [-0.15, -0.1) is 0 Å². The van der Waals surface area contributed by atoms with Gasteiger partial charge in [-0.2, -0.15) is 0 Å². The average molecular weight is 630 g/mol. The number of nitrogens with one attached hydrogen (secondary N) is 3. The minimum absolute atomic E-state index is 0.0318. The normalized spacial score (nSPS) is 16.0. The number of nitrogens with two attached hydrogens (primary N) is 1. The molecule has 1 heterocycles. The Morgan fingerprint density at radius 1 is 0.913 bits per heavy atom. The van der Waals surface area contributed by atoms with E-state index in [0.29, 0.717) is 6.42 Å². The molecule has 0 aromatic heterocycles. The van der Waals surface area contributed by atoms with Crippen LogP contribution in [0.25, 0.3) is 0 Å². The summed E-state index contributed by atoms with van der Waals surface area (Å²) < 4.78 is 5.25. The number of aliphatic hydroxyl groups excluding tert-OH is 1. The molecule has 3 aromatic carbocycles. The minimum atomic E-state index is -1.34. The SMILES string of the molecule is CC(C)(C)NC(=O)C1Cc2ccccc2N1C[C@@H](O)C(Cc1ccccc1)NC(=O)C(CC(N)=O)NC(=O)OCc1ccccc1. The predicted octanol–water partition coefficient (Wildman–Crippen LogP) is 2.59. The molecular weight excluding hydrogens is 586 g/mol. The molecule has 4 atom stereocenters. The summed E-state index contributed by atoms with van der Waals surface area (Å²) in [7, 11) is 0. The summed E-state index contributed by atoms with van der Waals surface area (Å²) >= 11 is 0. The fourth-order valence-corrected chi connectivity index (χ4v) is 5.44. The summed E-state index contributed by atoms with van der Waals surface area (Å²) in [5, 5.41) is 20.0. The Bertz CT molecular complexity index is 1490. The number of amides is 4. The third kappa shape index (κ3) is 9.80. The van der Waals surface area contributed by atoms with Crippen molar-refractivity contribution in [3.8, 4) is 0 Å². The Morgan fingerprint density at radius 2 is 1.52 bits per heavy atom. The summed E-state index contributed by atoms with van der Waals surface area (Å²) in [5.74, 6) is -1.68. The number of hydrogen-bond donors (Lipinski definition) is 5. The van der Waals surface area contributed by atoms with Crippen LogP contribution in [-0.2, 0) is 38.6 Å². The molecule has 0 fully saturated rings. The molecule has 0 aliphatic carbocycles. The molecule has 11 nitrogen and oxygen atoms in total. The molecule has 3 unspecified atom stereocenters. The number of ether oxygens (including phenoxy) is 1. The van der Waals surface area contributed by atoms with E-state index in [-0.39, 0.29) is 25.5 Å². The van der Waals surface area contributed by atoms with Gasteiger partial charge in [0, 0.05) is 24.2 Å². The standard InChI is InChI=1S/C35H43N5O6/c1-35(2,3)39-33(44)29-19-25-16-10-11-17-28(25)40(29)21-30(41)26(18-23-12-6-4-7-13-23)37-32(43)27(20-31(36)42)38-34(45)46-22-24-14-8-5-9-15-24/h4-17,26-27,29-30,41H,18-22H2,1-3H3,(H2,36,42)(H,37,43)(H,38,45)(H,39,44)/t26?,27?,29?,30-/m1/s1. The van der Waals surface area contributed by atoms with Gasteiger partial charge in [0.05, 0.1) is 18.6 Å². The lowest BCUT2D eigenvalue weighted by atomic mass is 9.99. The Labute approximate surface area is 269 Å². The molecule has 1 aliphatic rings. The first-order valence-corrected chi connectivity index (χ1v) is 15.3. The summed E-state index contributed by atoms with van der Waals surface area (Å²) in [6, 6.07) is 23.2. The van der Waals surface area contributed by atoms with Crippen molar-refractivity contribution in [3.63, 3.8) is 0 Å². The van der Waals surface area contributed by atoms with E-state index in [2.05, 4.69) is 16.0 Å². The number of carbonyl (C=O) groups is 4. The number of nitrogens with zero attached hydrogens (tertiary/aromatic N) is 1. The van der Waals surface area contributed by atoms with Gasteiger partial charge in [0.2, 0.25) is 17.7 Å². The third-order valence-corrected chi connectivity index (χ3v) is 7.59. The quantitative estimate of drug-likeness (QED) is 0.194. The summed E-state index contributed by atoms with van der Waals surface area (Å²) in [5.41, 5.74) is 8.37. The van der Waals surface area contributed by atoms with Crippen LogP contribution in [0.5, 0.6) is 0 Å². The van der Waals surface area contributed by atoms with Crippen LogP contribution in [-0.4, -0.2) is 65.2 Å². The number of primary amides is 1. The van der Waals surface area contributed by atoms with Crippen LogP contribution in [0.4, 0.5) is 10.5 Å². The van der Waals surface area contributed by atoms with Crippen molar-refractivity contribution in [2.45, 2.75) is 76.4 Å². The second kappa shape index (κ2) is 15.4. The van der Waals surface area contributed by atoms with Crippen LogP contribution in [0.15, 0.2) is 84.9 Å². The molecule has 0 saturated carbocycles. The van der Waals surface area contributed by atoms with Crippen molar-refractivity contribution in [1.29, 1.82) is 0 Å². The summed E-state index contributed by atoms with van der Waals surface area (Å²) in [4.78, 5) is 53.3. The van der Waals surface area contributed by atoms with E-state index >= 15 is 0 Å². The van der Waals surface area contributed by atoms with Gasteiger partial charge in [0.1, 0.15) is 18.7 Å².